The average Bonchev–Trinajstić information content (AvgIpc) is 3.21. The topological polar surface area (TPSA) is 83.0 Å². The molecule has 6 nitrogen and oxygen atoms in total. The van der Waals surface area contributed by atoms with Crippen molar-refractivity contribution in [2.24, 2.45) is 5.92 Å². The Kier molecular flexibility index (Phi) is 5.54. The quantitative estimate of drug-likeness (QED) is 0.541. The summed E-state index contributed by atoms with van der Waals surface area (Å²) in [5.74, 6) is 0.533. The number of nitrogens with one attached hydrogen (secondary N) is 2. The fourth-order valence-corrected chi connectivity index (χ4v) is 4.83. The van der Waals surface area contributed by atoms with E-state index in [1.54, 1.807) is 6.92 Å². The van der Waals surface area contributed by atoms with Crippen LogP contribution in [0, 0.1) is 12.8 Å². The molecule has 0 aliphatic heterocycles. The fraction of sp³-hybridized carbons (Fsp3) is 0.450. The van der Waals surface area contributed by atoms with E-state index in [-0.39, 0.29) is 17.9 Å². The number of fused-ring (bicyclic) bond motifs is 1. The molecular weight excluding hydrogens is 415 g/mol. The maximum absolute atomic E-state index is 12.7. The predicted molar refractivity (Wildman–Crippen MR) is 112 cm³/mol. The van der Waals surface area contributed by atoms with Crippen LogP contribution in [0.4, 0.5) is 24.9 Å². The van der Waals surface area contributed by atoms with Crippen LogP contribution in [0.25, 0.3) is 20.8 Å². The highest BCUT2D eigenvalue weighted by atomic mass is 32.1. The molecule has 1 unspecified atom stereocenters. The Hall–Kier alpha value is -2.46. The Labute approximate surface area is 175 Å². The lowest BCUT2D eigenvalue weighted by Gasteiger charge is -2.21. The minimum absolute atomic E-state index is 0.0436. The zero-order chi connectivity index (χ0) is 21.5. The van der Waals surface area contributed by atoms with Gasteiger partial charge in [0.15, 0.2) is 0 Å². The summed E-state index contributed by atoms with van der Waals surface area (Å²) in [4.78, 5) is 13.3. The van der Waals surface area contributed by atoms with Gasteiger partial charge in [-0.25, -0.2) is 9.97 Å². The van der Waals surface area contributed by atoms with Gasteiger partial charge in [-0.1, -0.05) is 19.1 Å². The summed E-state index contributed by atoms with van der Waals surface area (Å²) in [6, 6.07) is 7.67. The zero-order valence-corrected chi connectivity index (χ0v) is 17.3. The Balaban J connectivity index is 1.75. The summed E-state index contributed by atoms with van der Waals surface area (Å²) in [7, 11) is 0. The molecule has 3 aromatic rings. The molecule has 0 saturated heterocycles. The van der Waals surface area contributed by atoms with Crippen molar-refractivity contribution in [1.29, 1.82) is 0 Å². The van der Waals surface area contributed by atoms with E-state index >= 15 is 0 Å². The molecule has 160 valence electrons. The molecule has 4 rings (SSSR count). The van der Waals surface area contributed by atoms with Crippen molar-refractivity contribution < 1.29 is 18.3 Å². The fourth-order valence-electron chi connectivity index (χ4n) is 3.76. The number of hydrogen-bond donors (Lipinski definition) is 3. The minimum atomic E-state index is -4.37. The number of aryl methyl sites for hydroxylation is 1. The Morgan fingerprint density at radius 3 is 2.60 bits per heavy atom. The van der Waals surface area contributed by atoms with Crippen LogP contribution in [0.2, 0.25) is 0 Å². The lowest BCUT2D eigenvalue weighted by Crippen LogP contribution is -2.25. The van der Waals surface area contributed by atoms with Crippen molar-refractivity contribution in [3.8, 4) is 10.6 Å². The molecule has 3 atom stereocenters. The second kappa shape index (κ2) is 7.99. The molecule has 0 bridgehead atoms. The molecule has 3 N–H and O–H groups in total. The van der Waals surface area contributed by atoms with Crippen molar-refractivity contribution in [3.05, 3.63) is 30.0 Å². The monoisotopic (exact) mass is 437 g/mol. The summed E-state index contributed by atoms with van der Waals surface area (Å²) in [6.45, 7) is 2.55. The number of thiazole rings is 1. The predicted octanol–water partition coefficient (Wildman–Crippen LogP) is 4.61. The van der Waals surface area contributed by atoms with Crippen molar-refractivity contribution in [1.82, 2.24) is 15.0 Å². The number of aromatic nitrogens is 3. The van der Waals surface area contributed by atoms with Crippen LogP contribution >= 0.6 is 11.3 Å². The first-order valence-electron chi connectivity index (χ1n) is 9.69. The maximum atomic E-state index is 12.7. The van der Waals surface area contributed by atoms with Gasteiger partial charge in [-0.2, -0.15) is 18.2 Å². The Bertz CT molecular complexity index is 1020. The molecule has 2 aromatic heterocycles. The second-order valence-electron chi connectivity index (χ2n) is 7.67. The third-order valence-electron chi connectivity index (χ3n) is 5.22. The number of para-hydroxylation sites is 1. The first-order valence-corrected chi connectivity index (χ1v) is 10.5. The van der Waals surface area contributed by atoms with Gasteiger partial charge in [0.2, 0.25) is 5.95 Å². The smallest absolute Gasteiger partial charge is 0.393 e. The Morgan fingerprint density at radius 1 is 1.17 bits per heavy atom. The van der Waals surface area contributed by atoms with Crippen molar-refractivity contribution in [2.75, 3.05) is 17.2 Å². The lowest BCUT2D eigenvalue weighted by molar-refractivity contribution is -0.115. The normalized spacial score (nSPS) is 21.9. The van der Waals surface area contributed by atoms with E-state index in [0.29, 0.717) is 34.9 Å². The number of halogens is 3. The summed E-state index contributed by atoms with van der Waals surface area (Å²) in [5.41, 5.74) is 2.04. The van der Waals surface area contributed by atoms with E-state index in [1.807, 2.05) is 31.2 Å². The van der Waals surface area contributed by atoms with Gasteiger partial charge in [-0.05, 0) is 37.8 Å². The molecule has 1 aliphatic carbocycles. The van der Waals surface area contributed by atoms with Crippen molar-refractivity contribution >= 4 is 33.3 Å². The van der Waals surface area contributed by atoms with Gasteiger partial charge in [0.1, 0.15) is 17.4 Å². The SMILES string of the molecule is Cc1nc(NCC(F)(F)F)nc(NC2C[C@H](O)C[C@@H]2C)c1-c1nc2ccccc2s1. The molecule has 0 amide bonds. The number of aliphatic hydroxyl groups is 1. The maximum Gasteiger partial charge on any atom is 0.405 e. The number of aliphatic hydroxyl groups excluding tert-OH is 1. The number of alkyl halides is 3. The van der Waals surface area contributed by atoms with Gasteiger partial charge in [0, 0.05) is 6.04 Å². The first-order chi connectivity index (χ1) is 14.2. The molecule has 2 heterocycles. The number of hydrogen-bond acceptors (Lipinski definition) is 7. The van der Waals surface area contributed by atoms with Crippen molar-refractivity contribution in [2.45, 2.75) is 45.0 Å². The Morgan fingerprint density at radius 2 is 1.93 bits per heavy atom. The van der Waals surface area contributed by atoms with Gasteiger partial charge in [0.25, 0.3) is 0 Å². The molecule has 1 fully saturated rings. The number of benzene rings is 1. The molecule has 1 aromatic carbocycles. The molecule has 10 heteroatoms. The molecule has 0 spiro atoms. The van der Waals surface area contributed by atoms with E-state index in [4.69, 9.17) is 0 Å². The van der Waals surface area contributed by atoms with Crippen LogP contribution in [-0.2, 0) is 0 Å². The highest BCUT2D eigenvalue weighted by Crippen LogP contribution is 2.38. The average molecular weight is 437 g/mol. The summed E-state index contributed by atoms with van der Waals surface area (Å²) in [5, 5.41) is 16.3. The summed E-state index contributed by atoms with van der Waals surface area (Å²) in [6.07, 6.45) is -3.57. The van der Waals surface area contributed by atoms with Gasteiger partial charge in [0.05, 0.1) is 27.6 Å². The largest absolute Gasteiger partial charge is 0.405 e. The van der Waals surface area contributed by atoms with Gasteiger partial charge in [-0.3, -0.25) is 0 Å². The number of anilines is 2. The van der Waals surface area contributed by atoms with Gasteiger partial charge >= 0.3 is 6.18 Å². The standard InChI is InChI=1S/C20H22F3N5OS/c1-10-7-12(29)8-14(10)26-17-16(18-27-13-5-3-4-6-15(13)30-18)11(2)25-19(28-17)24-9-20(21,22)23/h3-6,10,12,14,29H,7-9H2,1-2H3,(H2,24,25,26,28)/t10-,12+,14?/m0/s1. The highest BCUT2D eigenvalue weighted by molar-refractivity contribution is 7.21. The first kappa shape index (κ1) is 20.8. The summed E-state index contributed by atoms with van der Waals surface area (Å²) < 4.78 is 39.0. The van der Waals surface area contributed by atoms with E-state index < -0.39 is 18.8 Å². The van der Waals surface area contributed by atoms with Crippen LogP contribution in [0.3, 0.4) is 0 Å². The second-order valence-corrected chi connectivity index (χ2v) is 8.70. The molecular formula is C20H22F3N5OS. The van der Waals surface area contributed by atoms with Crippen LogP contribution < -0.4 is 10.6 Å². The number of rotatable bonds is 5. The number of nitrogens with zero attached hydrogens (tertiary/aromatic N) is 3. The van der Waals surface area contributed by atoms with Crippen molar-refractivity contribution in [3.63, 3.8) is 0 Å². The molecule has 0 radical (unpaired) electrons. The van der Waals surface area contributed by atoms with E-state index in [1.165, 1.54) is 11.3 Å². The van der Waals surface area contributed by atoms with E-state index in [2.05, 4.69) is 25.6 Å². The van der Waals surface area contributed by atoms with E-state index in [9.17, 15) is 18.3 Å². The third kappa shape index (κ3) is 4.49. The lowest BCUT2D eigenvalue weighted by atomic mass is 10.1. The van der Waals surface area contributed by atoms with Crippen LogP contribution in [0.1, 0.15) is 25.5 Å². The van der Waals surface area contributed by atoms with Crippen LogP contribution in [0.15, 0.2) is 24.3 Å². The van der Waals surface area contributed by atoms with E-state index in [0.717, 1.165) is 10.2 Å². The van der Waals surface area contributed by atoms with Gasteiger partial charge in [-0.15, -0.1) is 11.3 Å². The van der Waals surface area contributed by atoms with Crippen LogP contribution in [0.5, 0.6) is 0 Å². The molecule has 1 aliphatic rings. The molecule has 30 heavy (non-hydrogen) atoms. The summed E-state index contributed by atoms with van der Waals surface area (Å²) >= 11 is 1.48. The van der Waals surface area contributed by atoms with Crippen LogP contribution in [-0.4, -0.2) is 44.9 Å². The van der Waals surface area contributed by atoms with Gasteiger partial charge < -0.3 is 15.7 Å². The minimum Gasteiger partial charge on any atom is -0.393 e. The zero-order valence-electron chi connectivity index (χ0n) is 16.5. The highest BCUT2D eigenvalue weighted by Gasteiger charge is 2.32. The third-order valence-corrected chi connectivity index (χ3v) is 6.28. The molecule has 1 saturated carbocycles.